The van der Waals surface area contributed by atoms with Crippen LogP contribution in [0.4, 0.5) is 0 Å². The Morgan fingerprint density at radius 1 is 1.54 bits per heavy atom. The molecule has 0 saturated carbocycles. The van der Waals surface area contributed by atoms with E-state index >= 15 is 0 Å². The van der Waals surface area contributed by atoms with Gasteiger partial charge in [0.1, 0.15) is 0 Å². The Hall–Kier alpha value is -0.830. The molecule has 0 unspecified atom stereocenters. The molecule has 0 aliphatic carbocycles. The van der Waals surface area contributed by atoms with Gasteiger partial charge < -0.3 is 4.74 Å². The Bertz CT molecular complexity index is 299. The zero-order valence-electron chi connectivity index (χ0n) is 7.51. The zero-order chi connectivity index (χ0) is 9.68. The topological polar surface area (TPSA) is 33.1 Å². The minimum Gasteiger partial charge on any atom is -0.484 e. The summed E-state index contributed by atoms with van der Waals surface area (Å²) < 4.78 is 5.85. The van der Waals surface area contributed by atoms with Gasteiger partial charge in [-0.05, 0) is 24.1 Å². The standard InChI is InChI=1S/C10H12BrNO/c1-13-10(12)6-5-8-3-2-4-9(11)7-8/h2-4,7,12H,5-6H2,1H3. The van der Waals surface area contributed by atoms with Gasteiger partial charge in [0, 0.05) is 10.9 Å². The highest BCUT2D eigenvalue weighted by Gasteiger charge is 1.97. The Morgan fingerprint density at radius 3 is 2.92 bits per heavy atom. The summed E-state index contributed by atoms with van der Waals surface area (Å²) in [6, 6.07) is 8.09. The molecule has 0 aliphatic heterocycles. The van der Waals surface area contributed by atoms with Crippen LogP contribution in [0.15, 0.2) is 28.7 Å². The third-order valence-electron chi connectivity index (χ3n) is 1.78. The first kappa shape index (κ1) is 10.3. The average molecular weight is 242 g/mol. The smallest absolute Gasteiger partial charge is 0.180 e. The Labute approximate surface area is 86.6 Å². The SMILES string of the molecule is COC(=N)CCc1cccc(Br)c1. The maximum Gasteiger partial charge on any atom is 0.180 e. The second-order valence-corrected chi connectivity index (χ2v) is 3.67. The van der Waals surface area contributed by atoms with Crippen LogP contribution in [0.2, 0.25) is 0 Å². The van der Waals surface area contributed by atoms with E-state index in [1.54, 1.807) is 0 Å². The highest BCUT2D eigenvalue weighted by atomic mass is 79.9. The number of benzene rings is 1. The fourth-order valence-corrected chi connectivity index (χ4v) is 1.50. The highest BCUT2D eigenvalue weighted by Crippen LogP contribution is 2.13. The van der Waals surface area contributed by atoms with Crippen LogP contribution in [0.3, 0.4) is 0 Å². The molecule has 13 heavy (non-hydrogen) atoms. The van der Waals surface area contributed by atoms with Gasteiger partial charge in [0.2, 0.25) is 0 Å². The molecule has 0 atom stereocenters. The summed E-state index contributed by atoms with van der Waals surface area (Å²) in [5.41, 5.74) is 1.22. The largest absolute Gasteiger partial charge is 0.484 e. The van der Waals surface area contributed by atoms with E-state index in [0.29, 0.717) is 12.3 Å². The summed E-state index contributed by atoms with van der Waals surface area (Å²) >= 11 is 3.40. The molecule has 2 nitrogen and oxygen atoms in total. The number of rotatable bonds is 3. The summed E-state index contributed by atoms with van der Waals surface area (Å²) in [6.07, 6.45) is 1.51. The van der Waals surface area contributed by atoms with Crippen molar-refractivity contribution in [3.63, 3.8) is 0 Å². The van der Waals surface area contributed by atoms with Crippen LogP contribution in [0.5, 0.6) is 0 Å². The van der Waals surface area contributed by atoms with Crippen LogP contribution in [-0.2, 0) is 11.2 Å². The fourth-order valence-electron chi connectivity index (χ4n) is 1.05. The van der Waals surface area contributed by atoms with Crippen molar-refractivity contribution in [2.75, 3.05) is 7.11 Å². The minimum absolute atomic E-state index is 0.333. The molecule has 0 fully saturated rings. The molecule has 0 aliphatic rings. The number of aryl methyl sites for hydroxylation is 1. The number of hydrogen-bond acceptors (Lipinski definition) is 2. The van der Waals surface area contributed by atoms with Crippen molar-refractivity contribution in [1.29, 1.82) is 5.41 Å². The van der Waals surface area contributed by atoms with Crippen molar-refractivity contribution in [2.24, 2.45) is 0 Å². The van der Waals surface area contributed by atoms with Crippen LogP contribution < -0.4 is 0 Å². The first-order valence-corrected chi connectivity index (χ1v) is 4.87. The Kier molecular flexibility index (Phi) is 3.96. The first-order valence-electron chi connectivity index (χ1n) is 4.08. The molecule has 1 rings (SSSR count). The second-order valence-electron chi connectivity index (χ2n) is 2.76. The van der Waals surface area contributed by atoms with E-state index in [1.165, 1.54) is 12.7 Å². The van der Waals surface area contributed by atoms with E-state index in [1.807, 2.05) is 18.2 Å². The molecule has 1 aromatic carbocycles. The van der Waals surface area contributed by atoms with Gasteiger partial charge in [-0.1, -0.05) is 28.1 Å². The van der Waals surface area contributed by atoms with E-state index in [9.17, 15) is 0 Å². The lowest BCUT2D eigenvalue weighted by atomic mass is 10.1. The van der Waals surface area contributed by atoms with Gasteiger partial charge in [0.05, 0.1) is 7.11 Å². The Balaban J connectivity index is 2.50. The molecule has 0 radical (unpaired) electrons. The molecule has 0 spiro atoms. The van der Waals surface area contributed by atoms with Gasteiger partial charge in [0.25, 0.3) is 0 Å². The molecule has 0 bridgehead atoms. The van der Waals surface area contributed by atoms with Crippen LogP contribution in [-0.4, -0.2) is 13.0 Å². The normalized spacial score (nSPS) is 9.69. The monoisotopic (exact) mass is 241 g/mol. The third kappa shape index (κ3) is 3.59. The van der Waals surface area contributed by atoms with E-state index < -0.39 is 0 Å². The molecule has 3 heteroatoms. The number of methoxy groups -OCH3 is 1. The summed E-state index contributed by atoms with van der Waals surface area (Å²) in [5, 5.41) is 7.31. The second kappa shape index (κ2) is 5.02. The van der Waals surface area contributed by atoms with E-state index in [4.69, 9.17) is 10.1 Å². The van der Waals surface area contributed by atoms with Crippen LogP contribution >= 0.6 is 15.9 Å². The molecule has 0 amide bonds. The maximum absolute atomic E-state index is 7.31. The lowest BCUT2D eigenvalue weighted by Gasteiger charge is -2.02. The third-order valence-corrected chi connectivity index (χ3v) is 2.27. The fraction of sp³-hybridized carbons (Fsp3) is 0.300. The number of hydrogen-bond donors (Lipinski definition) is 1. The molecular formula is C10H12BrNO. The van der Waals surface area contributed by atoms with Crippen molar-refractivity contribution in [1.82, 2.24) is 0 Å². The number of nitrogens with one attached hydrogen (secondary N) is 1. The molecular weight excluding hydrogens is 230 g/mol. The lowest BCUT2D eigenvalue weighted by Crippen LogP contribution is -2.00. The van der Waals surface area contributed by atoms with Gasteiger partial charge in [-0.15, -0.1) is 0 Å². The molecule has 70 valence electrons. The van der Waals surface area contributed by atoms with Crippen molar-refractivity contribution in [3.05, 3.63) is 34.3 Å². The van der Waals surface area contributed by atoms with Crippen molar-refractivity contribution >= 4 is 21.8 Å². The lowest BCUT2D eigenvalue weighted by molar-refractivity contribution is 0.386. The molecule has 1 N–H and O–H groups in total. The highest BCUT2D eigenvalue weighted by molar-refractivity contribution is 9.10. The predicted octanol–water partition coefficient (Wildman–Crippen LogP) is 3.01. The summed E-state index contributed by atoms with van der Waals surface area (Å²) in [4.78, 5) is 0. The maximum atomic E-state index is 7.31. The van der Waals surface area contributed by atoms with Crippen molar-refractivity contribution in [3.8, 4) is 0 Å². The van der Waals surface area contributed by atoms with E-state index in [2.05, 4.69) is 22.0 Å². The summed E-state index contributed by atoms with van der Waals surface area (Å²) in [5.74, 6) is 0.333. The summed E-state index contributed by atoms with van der Waals surface area (Å²) in [6.45, 7) is 0. The zero-order valence-corrected chi connectivity index (χ0v) is 9.10. The number of ether oxygens (including phenoxy) is 1. The van der Waals surface area contributed by atoms with Gasteiger partial charge >= 0.3 is 0 Å². The summed E-state index contributed by atoms with van der Waals surface area (Å²) in [7, 11) is 1.53. The van der Waals surface area contributed by atoms with Crippen molar-refractivity contribution < 1.29 is 4.74 Å². The van der Waals surface area contributed by atoms with E-state index in [0.717, 1.165) is 10.9 Å². The molecule has 0 aromatic heterocycles. The van der Waals surface area contributed by atoms with Gasteiger partial charge in [-0.3, -0.25) is 5.41 Å². The predicted molar refractivity (Wildman–Crippen MR) is 57.2 cm³/mol. The van der Waals surface area contributed by atoms with Crippen LogP contribution in [0.1, 0.15) is 12.0 Å². The average Bonchev–Trinajstić information content (AvgIpc) is 2.14. The number of halogens is 1. The van der Waals surface area contributed by atoms with Gasteiger partial charge in [-0.25, -0.2) is 0 Å². The molecule has 0 heterocycles. The minimum atomic E-state index is 0.333. The molecule has 0 saturated heterocycles. The van der Waals surface area contributed by atoms with Gasteiger partial charge in [0.15, 0.2) is 5.90 Å². The Morgan fingerprint density at radius 2 is 2.31 bits per heavy atom. The molecule has 1 aromatic rings. The van der Waals surface area contributed by atoms with Crippen molar-refractivity contribution in [2.45, 2.75) is 12.8 Å². The van der Waals surface area contributed by atoms with Gasteiger partial charge in [-0.2, -0.15) is 0 Å². The van der Waals surface area contributed by atoms with E-state index in [-0.39, 0.29) is 0 Å². The first-order chi connectivity index (χ1) is 6.22. The quantitative estimate of drug-likeness (QED) is 0.641. The van der Waals surface area contributed by atoms with Crippen LogP contribution in [0, 0.1) is 5.41 Å². The van der Waals surface area contributed by atoms with Crippen LogP contribution in [0.25, 0.3) is 0 Å².